The van der Waals surface area contributed by atoms with Crippen molar-refractivity contribution < 1.29 is 4.74 Å². The van der Waals surface area contributed by atoms with E-state index in [2.05, 4.69) is 21.4 Å². The van der Waals surface area contributed by atoms with Crippen LogP contribution in [-0.4, -0.2) is 23.1 Å². The standard InChI is InChI=1S/C12H11N3O/c1-2-12-11(15-3-4-16-12)5-9(1)10-6-13-8-14-7-10/h1-2,5-8,15H,3-4H2. The van der Waals surface area contributed by atoms with Gasteiger partial charge in [-0.2, -0.15) is 0 Å². The first-order valence-electron chi connectivity index (χ1n) is 5.19. The van der Waals surface area contributed by atoms with Crippen molar-refractivity contribution in [3.05, 3.63) is 36.9 Å². The van der Waals surface area contributed by atoms with E-state index in [9.17, 15) is 0 Å². The van der Waals surface area contributed by atoms with Crippen molar-refractivity contribution in [3.63, 3.8) is 0 Å². The number of aromatic nitrogens is 2. The third kappa shape index (κ3) is 1.58. The van der Waals surface area contributed by atoms with Crippen LogP contribution in [0, 0.1) is 0 Å². The molecule has 0 atom stereocenters. The van der Waals surface area contributed by atoms with E-state index in [0.29, 0.717) is 0 Å². The van der Waals surface area contributed by atoms with Gasteiger partial charge in [0.2, 0.25) is 0 Å². The van der Waals surface area contributed by atoms with Crippen molar-refractivity contribution in [2.75, 3.05) is 18.5 Å². The minimum absolute atomic E-state index is 0.723. The zero-order valence-electron chi connectivity index (χ0n) is 8.68. The molecule has 16 heavy (non-hydrogen) atoms. The van der Waals surface area contributed by atoms with Crippen LogP contribution in [-0.2, 0) is 0 Å². The first-order valence-corrected chi connectivity index (χ1v) is 5.19. The first kappa shape index (κ1) is 9.15. The van der Waals surface area contributed by atoms with Gasteiger partial charge in [0.05, 0.1) is 5.69 Å². The normalized spacial score (nSPS) is 13.5. The molecule has 4 nitrogen and oxygen atoms in total. The summed E-state index contributed by atoms with van der Waals surface area (Å²) in [6, 6.07) is 6.06. The van der Waals surface area contributed by atoms with E-state index in [1.807, 2.05) is 12.1 Å². The minimum Gasteiger partial charge on any atom is -0.490 e. The van der Waals surface area contributed by atoms with Gasteiger partial charge in [-0.3, -0.25) is 0 Å². The molecule has 1 N–H and O–H groups in total. The summed E-state index contributed by atoms with van der Waals surface area (Å²) in [6.45, 7) is 1.57. The molecule has 4 heteroatoms. The number of benzene rings is 1. The van der Waals surface area contributed by atoms with Crippen LogP contribution in [0.2, 0.25) is 0 Å². The maximum Gasteiger partial charge on any atom is 0.142 e. The van der Waals surface area contributed by atoms with Crippen molar-refractivity contribution in [1.29, 1.82) is 0 Å². The molecule has 0 unspecified atom stereocenters. The number of fused-ring (bicyclic) bond motifs is 1. The van der Waals surface area contributed by atoms with Crippen molar-refractivity contribution in [2.45, 2.75) is 0 Å². The lowest BCUT2D eigenvalue weighted by atomic mass is 10.1. The second-order valence-electron chi connectivity index (χ2n) is 3.61. The Morgan fingerprint density at radius 3 is 2.88 bits per heavy atom. The van der Waals surface area contributed by atoms with Crippen LogP contribution in [0.15, 0.2) is 36.9 Å². The lowest BCUT2D eigenvalue weighted by Crippen LogP contribution is -2.17. The summed E-state index contributed by atoms with van der Waals surface area (Å²) in [7, 11) is 0. The van der Waals surface area contributed by atoms with Crippen molar-refractivity contribution >= 4 is 5.69 Å². The second-order valence-corrected chi connectivity index (χ2v) is 3.61. The summed E-state index contributed by atoms with van der Waals surface area (Å²) in [5, 5.41) is 3.31. The molecule has 0 bridgehead atoms. The van der Waals surface area contributed by atoms with E-state index < -0.39 is 0 Å². The number of ether oxygens (including phenoxy) is 1. The molecule has 1 aromatic heterocycles. The molecule has 3 rings (SSSR count). The fourth-order valence-corrected chi connectivity index (χ4v) is 1.77. The Labute approximate surface area is 93.3 Å². The number of rotatable bonds is 1. The number of hydrogen-bond donors (Lipinski definition) is 1. The predicted molar refractivity (Wildman–Crippen MR) is 61.5 cm³/mol. The van der Waals surface area contributed by atoms with Gasteiger partial charge < -0.3 is 10.1 Å². The summed E-state index contributed by atoms with van der Waals surface area (Å²) >= 11 is 0. The smallest absolute Gasteiger partial charge is 0.142 e. The van der Waals surface area contributed by atoms with Crippen molar-refractivity contribution in [1.82, 2.24) is 9.97 Å². The maximum atomic E-state index is 5.52. The molecular formula is C12H11N3O. The number of nitrogens with zero attached hydrogens (tertiary/aromatic N) is 2. The quantitative estimate of drug-likeness (QED) is 0.786. The fraction of sp³-hybridized carbons (Fsp3) is 0.167. The van der Waals surface area contributed by atoms with Crippen LogP contribution in [0.3, 0.4) is 0 Å². The van der Waals surface area contributed by atoms with Gasteiger partial charge in [-0.15, -0.1) is 0 Å². The van der Waals surface area contributed by atoms with Crippen LogP contribution in [0.4, 0.5) is 5.69 Å². The van der Waals surface area contributed by atoms with E-state index in [1.54, 1.807) is 12.4 Å². The van der Waals surface area contributed by atoms with Gasteiger partial charge in [0.1, 0.15) is 18.7 Å². The van der Waals surface area contributed by atoms with E-state index in [1.165, 1.54) is 6.33 Å². The number of anilines is 1. The van der Waals surface area contributed by atoms with E-state index in [0.717, 1.165) is 35.7 Å². The molecule has 1 aromatic carbocycles. The Hall–Kier alpha value is -2.10. The largest absolute Gasteiger partial charge is 0.490 e. The second kappa shape index (κ2) is 3.81. The SMILES string of the molecule is c1ncc(-c2ccc3c(c2)NCCO3)cn1. The molecule has 2 aromatic rings. The summed E-state index contributed by atoms with van der Waals surface area (Å²) in [5.41, 5.74) is 3.14. The summed E-state index contributed by atoms with van der Waals surface area (Å²) in [6.07, 6.45) is 5.14. The Morgan fingerprint density at radius 2 is 2.00 bits per heavy atom. The monoisotopic (exact) mass is 213 g/mol. The molecular weight excluding hydrogens is 202 g/mol. The minimum atomic E-state index is 0.723. The molecule has 0 saturated heterocycles. The molecule has 1 aliphatic heterocycles. The highest BCUT2D eigenvalue weighted by Gasteiger charge is 2.10. The zero-order chi connectivity index (χ0) is 10.8. The van der Waals surface area contributed by atoms with Crippen LogP contribution in [0.25, 0.3) is 11.1 Å². The van der Waals surface area contributed by atoms with Gasteiger partial charge in [-0.1, -0.05) is 6.07 Å². The average Bonchev–Trinajstić information content (AvgIpc) is 2.39. The Bertz CT molecular complexity index is 499. The van der Waals surface area contributed by atoms with E-state index >= 15 is 0 Å². The van der Waals surface area contributed by atoms with Gasteiger partial charge in [-0.25, -0.2) is 9.97 Å². The van der Waals surface area contributed by atoms with E-state index in [-0.39, 0.29) is 0 Å². The van der Waals surface area contributed by atoms with Gasteiger partial charge in [-0.05, 0) is 17.7 Å². The van der Waals surface area contributed by atoms with Gasteiger partial charge >= 0.3 is 0 Å². The molecule has 2 heterocycles. The van der Waals surface area contributed by atoms with Gasteiger partial charge in [0.25, 0.3) is 0 Å². The highest BCUT2D eigenvalue weighted by molar-refractivity contribution is 5.71. The van der Waals surface area contributed by atoms with Crippen molar-refractivity contribution in [2.24, 2.45) is 0 Å². The molecule has 0 aliphatic carbocycles. The van der Waals surface area contributed by atoms with Gasteiger partial charge in [0.15, 0.2) is 0 Å². The van der Waals surface area contributed by atoms with Gasteiger partial charge in [0, 0.05) is 24.5 Å². The summed E-state index contributed by atoms with van der Waals surface area (Å²) in [4.78, 5) is 8.02. The molecule has 1 aliphatic rings. The third-order valence-electron chi connectivity index (χ3n) is 2.55. The molecule has 0 fully saturated rings. The van der Waals surface area contributed by atoms with Crippen LogP contribution in [0.1, 0.15) is 0 Å². The lowest BCUT2D eigenvalue weighted by Gasteiger charge is -2.19. The van der Waals surface area contributed by atoms with Crippen molar-refractivity contribution in [3.8, 4) is 16.9 Å². The number of nitrogens with one attached hydrogen (secondary N) is 1. The average molecular weight is 213 g/mol. The third-order valence-corrected chi connectivity index (χ3v) is 2.55. The lowest BCUT2D eigenvalue weighted by molar-refractivity contribution is 0.323. The molecule has 0 spiro atoms. The highest BCUT2D eigenvalue weighted by atomic mass is 16.5. The molecule has 0 radical (unpaired) electrons. The topological polar surface area (TPSA) is 47.0 Å². The highest BCUT2D eigenvalue weighted by Crippen LogP contribution is 2.31. The van der Waals surface area contributed by atoms with Crippen LogP contribution in [0.5, 0.6) is 5.75 Å². The van der Waals surface area contributed by atoms with E-state index in [4.69, 9.17) is 4.74 Å². The van der Waals surface area contributed by atoms with Crippen LogP contribution < -0.4 is 10.1 Å². The maximum absolute atomic E-state index is 5.52. The molecule has 0 saturated carbocycles. The molecule has 80 valence electrons. The Kier molecular flexibility index (Phi) is 2.18. The first-order chi connectivity index (χ1) is 7.93. The summed E-state index contributed by atoms with van der Waals surface area (Å²) < 4.78 is 5.52. The van der Waals surface area contributed by atoms with Crippen LogP contribution >= 0.6 is 0 Å². The zero-order valence-corrected chi connectivity index (χ0v) is 8.68. The summed E-state index contributed by atoms with van der Waals surface area (Å²) in [5.74, 6) is 0.909. The fourth-order valence-electron chi connectivity index (χ4n) is 1.77. The predicted octanol–water partition coefficient (Wildman–Crippen LogP) is 1.95. The Balaban J connectivity index is 2.03. The number of hydrogen-bond acceptors (Lipinski definition) is 4. The molecule has 0 amide bonds. The Morgan fingerprint density at radius 1 is 1.12 bits per heavy atom.